The van der Waals surface area contributed by atoms with E-state index in [1.807, 2.05) is 26.0 Å². The highest BCUT2D eigenvalue weighted by Gasteiger charge is 2.35. The van der Waals surface area contributed by atoms with Gasteiger partial charge < -0.3 is 24.4 Å². The molecule has 0 aromatic heterocycles. The van der Waals surface area contributed by atoms with Gasteiger partial charge in [0.05, 0.1) is 19.1 Å². The van der Waals surface area contributed by atoms with Crippen LogP contribution in [0.15, 0.2) is 30.3 Å². The van der Waals surface area contributed by atoms with Crippen molar-refractivity contribution >= 4 is 11.9 Å². The third-order valence-electron chi connectivity index (χ3n) is 4.77. The van der Waals surface area contributed by atoms with E-state index in [1.54, 1.807) is 12.1 Å². The third kappa shape index (κ3) is 2.87. The Morgan fingerprint density at radius 3 is 2.67 bits per heavy atom. The second-order valence-electron chi connectivity index (χ2n) is 7.22. The summed E-state index contributed by atoms with van der Waals surface area (Å²) in [6.07, 6.45) is 3.19. The Labute approximate surface area is 156 Å². The van der Waals surface area contributed by atoms with E-state index in [4.69, 9.17) is 14.2 Å². The van der Waals surface area contributed by atoms with Crippen molar-refractivity contribution in [3.8, 4) is 28.7 Å². The van der Waals surface area contributed by atoms with E-state index < -0.39 is 11.7 Å². The Morgan fingerprint density at radius 1 is 1.19 bits per heavy atom. The molecule has 2 N–H and O–H groups in total. The average molecular weight is 368 g/mol. The van der Waals surface area contributed by atoms with Crippen LogP contribution in [-0.4, -0.2) is 28.7 Å². The van der Waals surface area contributed by atoms with Crippen molar-refractivity contribution in [3.63, 3.8) is 0 Å². The fourth-order valence-electron chi connectivity index (χ4n) is 3.42. The van der Waals surface area contributed by atoms with Crippen LogP contribution in [0.1, 0.15) is 47.9 Å². The number of rotatable bonds is 2. The number of benzene rings is 2. The molecule has 2 aliphatic rings. The summed E-state index contributed by atoms with van der Waals surface area (Å²) in [5.41, 5.74) is 0.909. The van der Waals surface area contributed by atoms with E-state index in [9.17, 15) is 15.0 Å². The molecule has 1 unspecified atom stereocenters. The molecule has 2 heterocycles. The molecule has 0 bridgehead atoms. The number of ether oxygens (including phenoxy) is 3. The van der Waals surface area contributed by atoms with E-state index in [0.717, 1.165) is 0 Å². The molecule has 6 heteroatoms. The van der Waals surface area contributed by atoms with Gasteiger partial charge in [0.15, 0.2) is 17.3 Å². The maximum absolute atomic E-state index is 12.7. The van der Waals surface area contributed by atoms with Crippen LogP contribution >= 0.6 is 0 Å². The lowest BCUT2D eigenvalue weighted by molar-refractivity contribution is 0.0841. The van der Waals surface area contributed by atoms with E-state index in [-0.39, 0.29) is 29.3 Å². The van der Waals surface area contributed by atoms with Gasteiger partial charge in [-0.3, -0.25) is 4.79 Å². The number of hydrogen-bond donors (Lipinski definition) is 2. The van der Waals surface area contributed by atoms with E-state index in [0.29, 0.717) is 28.4 Å². The Balaban J connectivity index is 1.79. The Kier molecular flexibility index (Phi) is 3.80. The van der Waals surface area contributed by atoms with Gasteiger partial charge in [0, 0.05) is 6.07 Å². The van der Waals surface area contributed by atoms with Gasteiger partial charge in [-0.2, -0.15) is 0 Å². The minimum absolute atomic E-state index is 0.0280. The van der Waals surface area contributed by atoms with E-state index in [2.05, 4.69) is 0 Å². The van der Waals surface area contributed by atoms with Gasteiger partial charge in [0.2, 0.25) is 0 Å². The molecular formula is C21H20O6. The normalized spacial score (nSPS) is 19.5. The van der Waals surface area contributed by atoms with Crippen LogP contribution in [0.2, 0.25) is 0 Å². The number of carbonyl (C=O) groups excluding carboxylic acids is 1. The van der Waals surface area contributed by atoms with Crippen LogP contribution in [0, 0.1) is 0 Å². The van der Waals surface area contributed by atoms with Crippen LogP contribution in [0.5, 0.6) is 28.7 Å². The molecule has 0 aliphatic carbocycles. The molecule has 2 aromatic carbocycles. The zero-order valence-electron chi connectivity index (χ0n) is 15.3. The van der Waals surface area contributed by atoms with Gasteiger partial charge in [-0.25, -0.2) is 0 Å². The molecule has 1 atom stereocenters. The summed E-state index contributed by atoms with van der Waals surface area (Å²) in [5, 5.41) is 20.4. The summed E-state index contributed by atoms with van der Waals surface area (Å²) in [5.74, 6) is 0.693. The number of hydrogen-bond acceptors (Lipinski definition) is 6. The van der Waals surface area contributed by atoms with Gasteiger partial charge >= 0.3 is 0 Å². The predicted octanol–water partition coefficient (Wildman–Crippen LogP) is 4.00. The predicted molar refractivity (Wildman–Crippen MR) is 98.8 cm³/mol. The lowest BCUT2D eigenvalue weighted by atomic mass is 9.91. The first-order valence-corrected chi connectivity index (χ1v) is 8.64. The molecule has 140 valence electrons. The first kappa shape index (κ1) is 17.3. The largest absolute Gasteiger partial charge is 0.507 e. The molecule has 0 saturated carbocycles. The van der Waals surface area contributed by atoms with Gasteiger partial charge in [-0.05, 0) is 43.7 Å². The number of carbonyl (C=O) groups is 1. The monoisotopic (exact) mass is 368 g/mol. The van der Waals surface area contributed by atoms with Crippen molar-refractivity contribution in [1.82, 2.24) is 0 Å². The maximum atomic E-state index is 12.7. The van der Waals surface area contributed by atoms with Gasteiger partial charge in [0.25, 0.3) is 0 Å². The number of fused-ring (bicyclic) bond motifs is 3. The molecule has 0 spiro atoms. The quantitative estimate of drug-likeness (QED) is 0.833. The van der Waals surface area contributed by atoms with Crippen molar-refractivity contribution in [2.45, 2.75) is 32.0 Å². The summed E-state index contributed by atoms with van der Waals surface area (Å²) in [7, 11) is 1.47. The smallest absolute Gasteiger partial charge is 0.174 e. The van der Waals surface area contributed by atoms with Gasteiger partial charge in [0.1, 0.15) is 34.5 Å². The number of methoxy groups -OCH3 is 1. The highest BCUT2D eigenvalue weighted by molar-refractivity contribution is 6.04. The molecule has 0 saturated heterocycles. The summed E-state index contributed by atoms with van der Waals surface area (Å²) in [6.45, 7) is 3.80. The van der Waals surface area contributed by atoms with Crippen molar-refractivity contribution in [1.29, 1.82) is 0 Å². The SMILES string of the molecule is COc1ccc(C2CC(=O)c3c(O)cc4c(c3O2)C=CC(C)(C)O4)cc1O. The summed E-state index contributed by atoms with van der Waals surface area (Å²) in [6, 6.07) is 6.34. The third-order valence-corrected chi connectivity index (χ3v) is 4.77. The Bertz CT molecular complexity index is 973. The lowest BCUT2D eigenvalue weighted by Gasteiger charge is -2.32. The Hall–Kier alpha value is -3.15. The van der Waals surface area contributed by atoms with Crippen LogP contribution in [0.4, 0.5) is 0 Å². The first-order chi connectivity index (χ1) is 12.8. The van der Waals surface area contributed by atoms with Crippen LogP contribution in [0.25, 0.3) is 6.08 Å². The molecule has 0 fully saturated rings. The molecule has 2 aliphatic heterocycles. The molecule has 4 rings (SSSR count). The molecule has 2 aromatic rings. The summed E-state index contributed by atoms with van der Waals surface area (Å²) in [4.78, 5) is 12.7. The fraction of sp³-hybridized carbons (Fsp3) is 0.286. The lowest BCUT2D eigenvalue weighted by Crippen LogP contribution is -2.29. The first-order valence-electron chi connectivity index (χ1n) is 8.64. The van der Waals surface area contributed by atoms with E-state index >= 15 is 0 Å². The molecular weight excluding hydrogens is 348 g/mol. The molecule has 27 heavy (non-hydrogen) atoms. The minimum Gasteiger partial charge on any atom is -0.507 e. The van der Waals surface area contributed by atoms with Gasteiger partial charge in [-0.1, -0.05) is 6.07 Å². The maximum Gasteiger partial charge on any atom is 0.174 e. The minimum atomic E-state index is -0.587. The topological polar surface area (TPSA) is 85.2 Å². The Morgan fingerprint density at radius 2 is 1.96 bits per heavy atom. The summed E-state index contributed by atoms with van der Waals surface area (Å²) < 4.78 is 17.1. The average Bonchev–Trinajstić information content (AvgIpc) is 2.60. The van der Waals surface area contributed by atoms with Crippen LogP contribution < -0.4 is 14.2 Å². The highest BCUT2D eigenvalue weighted by Crippen LogP contribution is 2.48. The second-order valence-corrected chi connectivity index (χ2v) is 7.22. The highest BCUT2D eigenvalue weighted by atomic mass is 16.5. The van der Waals surface area contributed by atoms with Crippen molar-refractivity contribution in [2.24, 2.45) is 0 Å². The van der Waals surface area contributed by atoms with Crippen LogP contribution in [0.3, 0.4) is 0 Å². The number of phenolic OH excluding ortho intramolecular Hbond substituents is 2. The van der Waals surface area contributed by atoms with E-state index in [1.165, 1.54) is 19.2 Å². The van der Waals surface area contributed by atoms with Crippen molar-refractivity contribution in [2.75, 3.05) is 7.11 Å². The molecule has 0 amide bonds. The van der Waals surface area contributed by atoms with Gasteiger partial charge in [-0.15, -0.1) is 0 Å². The van der Waals surface area contributed by atoms with Crippen LogP contribution in [-0.2, 0) is 0 Å². The molecule has 0 radical (unpaired) electrons. The van der Waals surface area contributed by atoms with Crippen molar-refractivity contribution < 1.29 is 29.2 Å². The molecule has 6 nitrogen and oxygen atoms in total. The standard InChI is InChI=1S/C21H20O6/c1-21(2)7-6-12-18(27-21)10-15(24)19-14(23)9-17(26-20(12)19)11-4-5-16(25-3)13(22)8-11/h4-8,10,17,22,24H,9H2,1-3H3. The number of aromatic hydroxyl groups is 2. The van der Waals surface area contributed by atoms with Crippen molar-refractivity contribution in [3.05, 3.63) is 47.0 Å². The zero-order chi connectivity index (χ0) is 19.3. The second kappa shape index (κ2) is 5.94. The number of ketones is 1. The fourth-order valence-corrected chi connectivity index (χ4v) is 3.42. The number of Topliss-reactive ketones (excluding diaryl/α,β-unsaturated/α-hetero) is 1. The number of phenols is 2. The zero-order valence-corrected chi connectivity index (χ0v) is 15.3. The summed E-state index contributed by atoms with van der Waals surface area (Å²) >= 11 is 0.